The summed E-state index contributed by atoms with van der Waals surface area (Å²) in [7, 11) is 0. The number of H-pyrrole nitrogens is 1. The Hall–Kier alpha value is -5.27. The van der Waals surface area contributed by atoms with E-state index in [9.17, 15) is 38.7 Å². The molecule has 1 aromatic heterocycles. The lowest BCUT2D eigenvalue weighted by Crippen LogP contribution is -2.59. The van der Waals surface area contributed by atoms with Crippen LogP contribution in [0, 0.1) is 5.92 Å². The van der Waals surface area contributed by atoms with Crippen molar-refractivity contribution < 1.29 is 43.8 Å². The summed E-state index contributed by atoms with van der Waals surface area (Å²) < 4.78 is 0. The van der Waals surface area contributed by atoms with E-state index in [-0.39, 0.29) is 51.0 Å². The fraction of sp³-hybridized carbons (Fsp3) is 0.593. The number of aromatic amines is 1. The summed E-state index contributed by atoms with van der Waals surface area (Å²) in [4.78, 5) is 97.5. The second-order valence-corrected chi connectivity index (χ2v) is 11.0. The van der Waals surface area contributed by atoms with Gasteiger partial charge in [-0.15, -0.1) is 0 Å². The van der Waals surface area contributed by atoms with Crippen molar-refractivity contribution in [1.82, 2.24) is 31.2 Å². The molecule has 20 nitrogen and oxygen atoms in total. The van der Waals surface area contributed by atoms with Gasteiger partial charge in [-0.1, -0.05) is 13.8 Å². The van der Waals surface area contributed by atoms with Crippen LogP contribution in [0.3, 0.4) is 0 Å². The number of nitrogens with two attached hydrogens (primary N) is 4. The van der Waals surface area contributed by atoms with Gasteiger partial charge in [-0.3, -0.25) is 33.8 Å². The number of nitrogens with zero attached hydrogens (tertiary/aromatic N) is 2. The Labute approximate surface area is 270 Å². The normalized spacial score (nSPS) is 14.0. The van der Waals surface area contributed by atoms with Crippen LogP contribution in [-0.4, -0.2) is 104 Å². The van der Waals surface area contributed by atoms with Gasteiger partial charge in [-0.25, -0.2) is 9.78 Å². The highest BCUT2D eigenvalue weighted by Gasteiger charge is 2.33. The van der Waals surface area contributed by atoms with Crippen LogP contribution in [0.15, 0.2) is 17.5 Å². The molecule has 262 valence electrons. The number of carbonyl (C=O) groups excluding carboxylic acids is 5. The van der Waals surface area contributed by atoms with E-state index in [0.29, 0.717) is 5.69 Å². The van der Waals surface area contributed by atoms with E-state index in [1.807, 2.05) is 0 Å². The van der Waals surface area contributed by atoms with Gasteiger partial charge >= 0.3 is 11.9 Å². The van der Waals surface area contributed by atoms with E-state index in [2.05, 4.69) is 36.2 Å². The zero-order valence-electron chi connectivity index (χ0n) is 26.2. The summed E-state index contributed by atoms with van der Waals surface area (Å²) in [6.07, 6.45) is 1.46. The van der Waals surface area contributed by atoms with Gasteiger partial charge in [0.05, 0.1) is 12.4 Å². The van der Waals surface area contributed by atoms with Crippen molar-refractivity contribution >= 4 is 47.4 Å². The maximum absolute atomic E-state index is 13.5. The molecule has 0 fully saturated rings. The summed E-state index contributed by atoms with van der Waals surface area (Å²) in [6.45, 7) is 3.25. The number of carbonyl (C=O) groups is 7. The standard InChI is InChI=1S/C27H45N11O9/c1-13(2)21(26(46)47)38-24(44)16(4-3-9-33-27(30)31)35-23(43)17(6-7-19(29)39)36-25(45)18(10-14-11-32-12-34-14)37-22(42)15(28)5-8-20(40)41/h11-13,15-18,21H,3-10,28H2,1-2H3,(H2,29,39)(H,32,34)(H,35,43)(H,36,45)(H,37,42)(H,38,44)(H,40,41)(H,46,47)(H4,30,31,33)/t15-,16-,17-,18-,21-/m0/s1. The fourth-order valence-electron chi connectivity index (χ4n) is 4.15. The second-order valence-electron chi connectivity index (χ2n) is 11.0. The summed E-state index contributed by atoms with van der Waals surface area (Å²) in [5.74, 6) is -7.43. The molecule has 5 atom stereocenters. The first-order valence-electron chi connectivity index (χ1n) is 14.7. The van der Waals surface area contributed by atoms with E-state index in [4.69, 9.17) is 28.0 Å². The molecule has 15 N–H and O–H groups in total. The molecule has 1 rings (SSSR count). The Balaban J connectivity index is 3.26. The minimum Gasteiger partial charge on any atom is -0.481 e. The van der Waals surface area contributed by atoms with E-state index in [1.165, 1.54) is 12.5 Å². The lowest BCUT2D eigenvalue weighted by atomic mass is 10.0. The number of carboxylic acid groups (broad SMARTS) is 2. The third-order valence-electron chi connectivity index (χ3n) is 6.74. The van der Waals surface area contributed by atoms with Crippen LogP contribution in [0.4, 0.5) is 0 Å². The molecule has 20 heteroatoms. The van der Waals surface area contributed by atoms with Gasteiger partial charge in [0.25, 0.3) is 0 Å². The SMILES string of the molecule is CC(C)[C@H](NC(=O)[C@H](CCCN=C(N)N)NC(=O)[C@H](CCC(N)=O)NC(=O)[C@H](Cc1cnc[nH]1)NC(=O)[C@@H](N)CCC(=O)O)C(=O)O. The number of rotatable bonds is 22. The predicted molar refractivity (Wildman–Crippen MR) is 166 cm³/mol. The van der Waals surface area contributed by atoms with Crippen molar-refractivity contribution in [2.45, 2.75) is 89.0 Å². The highest BCUT2D eigenvalue weighted by molar-refractivity contribution is 5.95. The highest BCUT2D eigenvalue weighted by atomic mass is 16.4. The first-order valence-corrected chi connectivity index (χ1v) is 14.7. The van der Waals surface area contributed by atoms with Crippen LogP contribution in [0.2, 0.25) is 0 Å². The number of carboxylic acids is 2. The molecule has 5 amide bonds. The molecule has 0 aliphatic carbocycles. The number of hydrogen-bond acceptors (Lipinski definition) is 10. The molecule has 1 heterocycles. The molecule has 0 aliphatic heterocycles. The van der Waals surface area contributed by atoms with Crippen molar-refractivity contribution in [3.63, 3.8) is 0 Å². The monoisotopic (exact) mass is 667 g/mol. The van der Waals surface area contributed by atoms with Gasteiger partial charge in [0.2, 0.25) is 29.5 Å². The molecule has 0 saturated heterocycles. The first kappa shape index (κ1) is 39.8. The van der Waals surface area contributed by atoms with Gasteiger partial charge in [0.15, 0.2) is 5.96 Å². The molecule has 0 unspecified atom stereocenters. The topological polar surface area (TPSA) is 353 Å². The smallest absolute Gasteiger partial charge is 0.326 e. The summed E-state index contributed by atoms with van der Waals surface area (Å²) >= 11 is 0. The summed E-state index contributed by atoms with van der Waals surface area (Å²) in [5, 5.41) is 28.2. The number of hydrogen-bond donors (Lipinski definition) is 11. The predicted octanol–water partition coefficient (Wildman–Crippen LogP) is -3.86. The van der Waals surface area contributed by atoms with Gasteiger partial charge in [-0.2, -0.15) is 0 Å². The Morgan fingerprint density at radius 2 is 1.40 bits per heavy atom. The van der Waals surface area contributed by atoms with Gasteiger partial charge < -0.3 is 59.4 Å². The Morgan fingerprint density at radius 1 is 0.830 bits per heavy atom. The van der Waals surface area contributed by atoms with Gasteiger partial charge in [-0.05, 0) is 31.6 Å². The zero-order valence-corrected chi connectivity index (χ0v) is 26.2. The van der Waals surface area contributed by atoms with Crippen LogP contribution in [-0.2, 0) is 40.0 Å². The minimum absolute atomic E-state index is 0.0397. The van der Waals surface area contributed by atoms with Crippen LogP contribution in [0.5, 0.6) is 0 Å². The quantitative estimate of drug-likeness (QED) is 0.0321. The fourth-order valence-corrected chi connectivity index (χ4v) is 4.15. The average Bonchev–Trinajstić information content (AvgIpc) is 3.50. The van der Waals surface area contributed by atoms with Crippen molar-refractivity contribution in [3.05, 3.63) is 18.2 Å². The largest absolute Gasteiger partial charge is 0.481 e. The van der Waals surface area contributed by atoms with E-state index < -0.39 is 84.0 Å². The zero-order chi connectivity index (χ0) is 35.7. The van der Waals surface area contributed by atoms with Crippen LogP contribution >= 0.6 is 0 Å². The Bertz CT molecular complexity index is 1270. The van der Waals surface area contributed by atoms with Crippen LogP contribution in [0.25, 0.3) is 0 Å². The number of aliphatic imine (C=N–C) groups is 1. The van der Waals surface area contributed by atoms with Gasteiger partial charge in [0, 0.05) is 37.7 Å². The molecule has 0 radical (unpaired) electrons. The average molecular weight is 668 g/mol. The molecule has 0 saturated carbocycles. The molecule has 0 aromatic carbocycles. The Morgan fingerprint density at radius 3 is 1.91 bits per heavy atom. The Kier molecular flexibility index (Phi) is 16.9. The first-order chi connectivity index (χ1) is 22.0. The maximum atomic E-state index is 13.5. The molecule has 47 heavy (non-hydrogen) atoms. The van der Waals surface area contributed by atoms with E-state index >= 15 is 0 Å². The number of amides is 5. The lowest BCUT2D eigenvalue weighted by Gasteiger charge is -2.27. The number of imidazole rings is 1. The number of guanidine groups is 1. The minimum atomic E-state index is -1.45. The van der Waals surface area contributed by atoms with E-state index in [0.717, 1.165) is 0 Å². The second kappa shape index (κ2) is 20.0. The number of nitrogens with one attached hydrogen (secondary N) is 5. The van der Waals surface area contributed by atoms with Crippen molar-refractivity contribution in [1.29, 1.82) is 0 Å². The summed E-state index contributed by atoms with van der Waals surface area (Å²) in [5.41, 5.74) is 22.2. The molecule has 0 bridgehead atoms. The molecular formula is C27H45N11O9. The number of aromatic nitrogens is 2. The number of primary amides is 1. The van der Waals surface area contributed by atoms with Crippen LogP contribution < -0.4 is 44.2 Å². The third-order valence-corrected chi connectivity index (χ3v) is 6.74. The molecule has 0 spiro atoms. The molecular weight excluding hydrogens is 622 g/mol. The van der Waals surface area contributed by atoms with Gasteiger partial charge in [0.1, 0.15) is 24.2 Å². The highest BCUT2D eigenvalue weighted by Crippen LogP contribution is 2.08. The third kappa shape index (κ3) is 15.5. The van der Waals surface area contributed by atoms with Crippen molar-refractivity contribution in [2.24, 2.45) is 33.8 Å². The van der Waals surface area contributed by atoms with Crippen molar-refractivity contribution in [2.75, 3.05) is 6.54 Å². The lowest BCUT2D eigenvalue weighted by molar-refractivity contribution is -0.143. The molecule has 1 aromatic rings. The maximum Gasteiger partial charge on any atom is 0.326 e. The van der Waals surface area contributed by atoms with Crippen LogP contribution in [0.1, 0.15) is 58.1 Å². The van der Waals surface area contributed by atoms with E-state index in [1.54, 1.807) is 13.8 Å². The van der Waals surface area contributed by atoms with Crippen molar-refractivity contribution in [3.8, 4) is 0 Å². The molecule has 0 aliphatic rings. The number of aliphatic carboxylic acids is 2. The summed E-state index contributed by atoms with van der Waals surface area (Å²) in [6, 6.07) is -6.65.